The molecular formula is C17H19NO7. The number of carbonyl (C=O) groups excluding carboxylic acids is 4. The number of amides is 1. The first kappa shape index (κ1) is 19.9. The summed E-state index contributed by atoms with van der Waals surface area (Å²) >= 11 is 0. The second kappa shape index (κ2) is 9.86. The second-order valence-corrected chi connectivity index (χ2v) is 4.75. The summed E-state index contributed by atoms with van der Waals surface area (Å²) in [5, 5.41) is 2.44. The summed E-state index contributed by atoms with van der Waals surface area (Å²) in [4.78, 5) is 46.5. The summed E-state index contributed by atoms with van der Waals surface area (Å²) < 4.78 is 14.0. The van der Waals surface area contributed by atoms with Gasteiger partial charge in [-0.15, -0.1) is 0 Å². The zero-order chi connectivity index (χ0) is 18.8. The number of esters is 3. The highest BCUT2D eigenvalue weighted by molar-refractivity contribution is 6.00. The van der Waals surface area contributed by atoms with Gasteiger partial charge >= 0.3 is 17.9 Å². The van der Waals surface area contributed by atoms with E-state index in [1.807, 2.05) is 6.92 Å². The number of benzene rings is 1. The number of rotatable bonds is 7. The van der Waals surface area contributed by atoms with Crippen molar-refractivity contribution in [3.8, 4) is 0 Å². The lowest BCUT2D eigenvalue weighted by molar-refractivity contribution is -0.142. The maximum absolute atomic E-state index is 11.8. The molecule has 134 valence electrons. The molecule has 0 aliphatic carbocycles. The van der Waals surface area contributed by atoms with Crippen molar-refractivity contribution < 1.29 is 33.4 Å². The van der Waals surface area contributed by atoms with E-state index in [9.17, 15) is 19.2 Å². The van der Waals surface area contributed by atoms with Gasteiger partial charge in [-0.05, 0) is 24.6 Å². The Labute approximate surface area is 144 Å². The highest BCUT2D eigenvalue weighted by Gasteiger charge is 2.15. The summed E-state index contributed by atoms with van der Waals surface area (Å²) in [5.74, 6) is -2.64. The Morgan fingerprint density at radius 2 is 1.56 bits per heavy atom. The number of allylic oxidation sites excluding steroid dienone is 1. The van der Waals surface area contributed by atoms with Crippen LogP contribution in [0.2, 0.25) is 0 Å². The van der Waals surface area contributed by atoms with Crippen LogP contribution in [0.1, 0.15) is 34.1 Å². The van der Waals surface area contributed by atoms with Crippen LogP contribution in [0.15, 0.2) is 30.4 Å². The Kier molecular flexibility index (Phi) is 7.85. The van der Waals surface area contributed by atoms with Crippen molar-refractivity contribution in [2.24, 2.45) is 0 Å². The van der Waals surface area contributed by atoms with Gasteiger partial charge in [0.2, 0.25) is 0 Å². The van der Waals surface area contributed by atoms with Crippen LogP contribution in [-0.2, 0) is 23.8 Å². The molecule has 0 radical (unpaired) electrons. The molecule has 0 saturated heterocycles. The summed E-state index contributed by atoms with van der Waals surface area (Å²) in [5.41, 5.74) is 0.278. The average molecular weight is 349 g/mol. The van der Waals surface area contributed by atoms with Gasteiger partial charge in [0.15, 0.2) is 6.61 Å². The van der Waals surface area contributed by atoms with Gasteiger partial charge in [-0.25, -0.2) is 14.4 Å². The minimum absolute atomic E-state index is 0.0589. The molecule has 0 unspecified atom stereocenters. The fourth-order valence-electron chi connectivity index (χ4n) is 1.77. The van der Waals surface area contributed by atoms with E-state index in [1.54, 1.807) is 6.08 Å². The van der Waals surface area contributed by atoms with E-state index in [2.05, 4.69) is 14.8 Å². The van der Waals surface area contributed by atoms with Crippen molar-refractivity contribution in [3.63, 3.8) is 0 Å². The first-order valence-electron chi connectivity index (χ1n) is 7.36. The first-order valence-corrected chi connectivity index (χ1v) is 7.36. The van der Waals surface area contributed by atoms with E-state index in [-0.39, 0.29) is 16.8 Å². The van der Waals surface area contributed by atoms with Gasteiger partial charge < -0.3 is 19.5 Å². The molecule has 0 saturated carbocycles. The largest absolute Gasteiger partial charge is 0.465 e. The molecular weight excluding hydrogens is 330 g/mol. The summed E-state index contributed by atoms with van der Waals surface area (Å²) in [6, 6.07) is 3.94. The van der Waals surface area contributed by atoms with Crippen molar-refractivity contribution in [2.45, 2.75) is 13.3 Å². The molecule has 8 heteroatoms. The third-order valence-electron chi connectivity index (χ3n) is 2.89. The normalized spacial score (nSPS) is 10.2. The monoisotopic (exact) mass is 349 g/mol. The lowest BCUT2D eigenvalue weighted by Crippen LogP contribution is -2.20. The SMILES string of the molecule is CC/C=C/C(=O)OCC(=O)Nc1cc(C(=O)OC)cc(C(=O)OC)c1. The molecule has 1 rings (SSSR count). The highest BCUT2D eigenvalue weighted by atomic mass is 16.5. The smallest absolute Gasteiger partial charge is 0.337 e. The van der Waals surface area contributed by atoms with E-state index in [4.69, 9.17) is 4.74 Å². The van der Waals surface area contributed by atoms with Gasteiger partial charge in [-0.1, -0.05) is 13.0 Å². The number of hydrogen-bond donors (Lipinski definition) is 1. The number of ether oxygens (including phenoxy) is 3. The van der Waals surface area contributed by atoms with Crippen LogP contribution in [-0.4, -0.2) is 44.6 Å². The van der Waals surface area contributed by atoms with Crippen LogP contribution in [0.5, 0.6) is 0 Å². The second-order valence-electron chi connectivity index (χ2n) is 4.75. The molecule has 0 spiro atoms. The topological polar surface area (TPSA) is 108 Å². The quantitative estimate of drug-likeness (QED) is 0.453. The molecule has 0 aromatic heterocycles. The van der Waals surface area contributed by atoms with Crippen LogP contribution in [0.4, 0.5) is 5.69 Å². The number of methoxy groups -OCH3 is 2. The molecule has 1 amide bonds. The number of carbonyl (C=O) groups is 4. The molecule has 1 N–H and O–H groups in total. The highest BCUT2D eigenvalue weighted by Crippen LogP contribution is 2.17. The van der Waals surface area contributed by atoms with Gasteiger partial charge in [-0.3, -0.25) is 4.79 Å². The molecule has 0 bridgehead atoms. The van der Waals surface area contributed by atoms with Gasteiger partial charge in [-0.2, -0.15) is 0 Å². The molecule has 0 fully saturated rings. The number of nitrogens with one attached hydrogen (secondary N) is 1. The van der Waals surface area contributed by atoms with Crippen LogP contribution in [0.3, 0.4) is 0 Å². The van der Waals surface area contributed by atoms with Gasteiger partial charge in [0, 0.05) is 11.8 Å². The van der Waals surface area contributed by atoms with Crippen LogP contribution < -0.4 is 5.32 Å². The zero-order valence-electron chi connectivity index (χ0n) is 14.2. The van der Waals surface area contributed by atoms with Crippen LogP contribution >= 0.6 is 0 Å². The third kappa shape index (κ3) is 6.46. The van der Waals surface area contributed by atoms with E-state index in [0.717, 1.165) is 0 Å². The summed E-state index contributed by atoms with van der Waals surface area (Å²) in [6.45, 7) is 1.34. The van der Waals surface area contributed by atoms with Gasteiger partial charge in [0.1, 0.15) is 0 Å². The Balaban J connectivity index is 2.87. The molecule has 1 aromatic rings. The first-order chi connectivity index (χ1) is 11.9. The Bertz CT molecular complexity index is 660. The zero-order valence-corrected chi connectivity index (χ0v) is 14.2. The average Bonchev–Trinajstić information content (AvgIpc) is 2.62. The van der Waals surface area contributed by atoms with E-state index in [0.29, 0.717) is 6.42 Å². The Morgan fingerprint density at radius 3 is 2.04 bits per heavy atom. The summed E-state index contributed by atoms with van der Waals surface area (Å²) in [7, 11) is 2.38. The lowest BCUT2D eigenvalue weighted by Gasteiger charge is -2.09. The van der Waals surface area contributed by atoms with Gasteiger partial charge in [0.05, 0.1) is 25.3 Å². The van der Waals surface area contributed by atoms with Crippen LogP contribution in [0, 0.1) is 0 Å². The molecule has 0 aliphatic heterocycles. The van der Waals surface area contributed by atoms with E-state index < -0.39 is 30.4 Å². The molecule has 8 nitrogen and oxygen atoms in total. The van der Waals surface area contributed by atoms with Crippen LogP contribution in [0.25, 0.3) is 0 Å². The number of hydrogen-bond acceptors (Lipinski definition) is 7. The lowest BCUT2D eigenvalue weighted by atomic mass is 10.1. The maximum Gasteiger partial charge on any atom is 0.337 e. The Morgan fingerprint density at radius 1 is 1.00 bits per heavy atom. The molecule has 0 aliphatic rings. The third-order valence-corrected chi connectivity index (χ3v) is 2.89. The number of anilines is 1. The van der Waals surface area contributed by atoms with E-state index in [1.165, 1.54) is 38.5 Å². The molecule has 0 heterocycles. The van der Waals surface area contributed by atoms with Crippen molar-refractivity contribution in [2.75, 3.05) is 26.1 Å². The molecule has 25 heavy (non-hydrogen) atoms. The molecule has 0 atom stereocenters. The van der Waals surface area contributed by atoms with Crippen molar-refractivity contribution in [1.82, 2.24) is 0 Å². The maximum atomic E-state index is 11.8. The fraction of sp³-hybridized carbons (Fsp3) is 0.294. The van der Waals surface area contributed by atoms with Crippen molar-refractivity contribution in [1.29, 1.82) is 0 Å². The predicted octanol–water partition coefficient (Wildman–Crippen LogP) is 1.71. The van der Waals surface area contributed by atoms with Crippen molar-refractivity contribution in [3.05, 3.63) is 41.5 Å². The standard InChI is InChI=1S/C17H19NO7/c1-4-5-6-15(20)25-10-14(19)18-13-8-11(16(21)23-2)7-12(9-13)17(22)24-3/h5-9H,4,10H2,1-3H3,(H,18,19)/b6-5+. The fourth-order valence-corrected chi connectivity index (χ4v) is 1.77. The minimum Gasteiger partial charge on any atom is -0.465 e. The molecule has 1 aromatic carbocycles. The Hall–Kier alpha value is -3.16. The van der Waals surface area contributed by atoms with Crippen molar-refractivity contribution >= 4 is 29.5 Å². The predicted molar refractivity (Wildman–Crippen MR) is 88.1 cm³/mol. The summed E-state index contributed by atoms with van der Waals surface area (Å²) in [6.07, 6.45) is 3.49. The van der Waals surface area contributed by atoms with Gasteiger partial charge in [0.25, 0.3) is 5.91 Å². The minimum atomic E-state index is -0.683. The van der Waals surface area contributed by atoms with E-state index >= 15 is 0 Å².